The van der Waals surface area contributed by atoms with Crippen LogP contribution in [-0.2, 0) is 11.8 Å². The van der Waals surface area contributed by atoms with E-state index in [2.05, 4.69) is 0 Å². The van der Waals surface area contributed by atoms with E-state index in [9.17, 15) is 14.4 Å². The van der Waals surface area contributed by atoms with Gasteiger partial charge in [-0.1, -0.05) is 24.3 Å². The van der Waals surface area contributed by atoms with Crippen molar-refractivity contribution in [2.45, 2.75) is 13.8 Å². The first-order chi connectivity index (χ1) is 10.5. The molecule has 22 heavy (non-hydrogen) atoms. The van der Waals surface area contributed by atoms with E-state index < -0.39 is 17.5 Å². The van der Waals surface area contributed by atoms with Crippen molar-refractivity contribution in [3.63, 3.8) is 0 Å². The molecule has 0 bridgehead atoms. The molecule has 1 aliphatic carbocycles. The Morgan fingerprint density at radius 1 is 1.14 bits per heavy atom. The highest BCUT2D eigenvalue weighted by Gasteiger charge is 2.38. The Labute approximate surface area is 127 Å². The topological polar surface area (TPSA) is 65.4 Å². The number of rotatable bonds is 2. The maximum Gasteiger partial charge on any atom is 0.340 e. The molecule has 0 radical (unpaired) electrons. The summed E-state index contributed by atoms with van der Waals surface area (Å²) in [6, 6.07) is 6.94. The average Bonchev–Trinajstić information content (AvgIpc) is 2.78. The van der Waals surface area contributed by atoms with Gasteiger partial charge in [0.1, 0.15) is 0 Å². The second kappa shape index (κ2) is 4.94. The van der Waals surface area contributed by atoms with Gasteiger partial charge >= 0.3 is 5.97 Å². The highest BCUT2D eigenvalue weighted by atomic mass is 16.5. The Kier molecular flexibility index (Phi) is 3.20. The zero-order chi connectivity index (χ0) is 16.0. The quantitative estimate of drug-likeness (QED) is 0.631. The van der Waals surface area contributed by atoms with E-state index in [0.29, 0.717) is 22.5 Å². The molecule has 1 heterocycles. The van der Waals surface area contributed by atoms with Crippen LogP contribution in [0.1, 0.15) is 43.7 Å². The van der Waals surface area contributed by atoms with Crippen molar-refractivity contribution in [3.8, 4) is 11.3 Å². The van der Waals surface area contributed by atoms with Crippen molar-refractivity contribution < 1.29 is 19.1 Å². The molecule has 5 heteroatoms. The lowest BCUT2D eigenvalue weighted by Crippen LogP contribution is -2.23. The van der Waals surface area contributed by atoms with Gasteiger partial charge in [0.2, 0.25) is 11.6 Å². The molecule has 0 unspecified atom stereocenters. The van der Waals surface area contributed by atoms with Gasteiger partial charge in [0, 0.05) is 23.9 Å². The van der Waals surface area contributed by atoms with Crippen LogP contribution < -0.4 is 0 Å². The number of Topliss-reactive ketones (excluding diaryl/α,β-unsaturated/α-hetero) is 2. The minimum Gasteiger partial charge on any atom is -0.462 e. The van der Waals surface area contributed by atoms with Crippen LogP contribution in [0, 0.1) is 6.92 Å². The fraction of sp³-hybridized carbons (Fsp3) is 0.235. The van der Waals surface area contributed by atoms with Crippen molar-refractivity contribution in [2.75, 3.05) is 6.61 Å². The summed E-state index contributed by atoms with van der Waals surface area (Å²) in [5.41, 5.74) is 2.59. The number of nitrogens with zero attached hydrogens (tertiary/aromatic N) is 1. The van der Waals surface area contributed by atoms with E-state index in [1.165, 1.54) is 0 Å². The highest BCUT2D eigenvalue weighted by Crippen LogP contribution is 2.38. The number of ketones is 2. The van der Waals surface area contributed by atoms with Gasteiger partial charge in [-0.05, 0) is 13.8 Å². The van der Waals surface area contributed by atoms with Crippen molar-refractivity contribution in [3.05, 3.63) is 46.6 Å². The zero-order valence-corrected chi connectivity index (χ0v) is 12.6. The van der Waals surface area contributed by atoms with Gasteiger partial charge in [-0.2, -0.15) is 0 Å². The smallest absolute Gasteiger partial charge is 0.340 e. The third kappa shape index (κ3) is 1.75. The van der Waals surface area contributed by atoms with E-state index in [0.717, 1.165) is 0 Å². The largest absolute Gasteiger partial charge is 0.462 e. The Morgan fingerprint density at radius 2 is 1.77 bits per heavy atom. The number of aromatic nitrogens is 1. The van der Waals surface area contributed by atoms with Crippen molar-refractivity contribution in [2.24, 2.45) is 7.05 Å². The fourth-order valence-corrected chi connectivity index (χ4v) is 2.92. The molecule has 0 atom stereocenters. The molecule has 0 fully saturated rings. The second-order valence-electron chi connectivity index (χ2n) is 5.17. The van der Waals surface area contributed by atoms with Gasteiger partial charge < -0.3 is 9.30 Å². The molecule has 1 aliphatic rings. The van der Waals surface area contributed by atoms with E-state index in [1.807, 2.05) is 0 Å². The van der Waals surface area contributed by atoms with Crippen LogP contribution in [0.2, 0.25) is 0 Å². The molecule has 0 spiro atoms. The highest BCUT2D eigenvalue weighted by molar-refractivity contribution is 6.53. The maximum absolute atomic E-state index is 12.5. The molecule has 0 saturated carbocycles. The van der Waals surface area contributed by atoms with Crippen LogP contribution in [0.3, 0.4) is 0 Å². The van der Waals surface area contributed by atoms with Gasteiger partial charge in [-0.15, -0.1) is 0 Å². The monoisotopic (exact) mass is 297 g/mol. The summed E-state index contributed by atoms with van der Waals surface area (Å²) in [5, 5.41) is 0. The number of hydrogen-bond donors (Lipinski definition) is 0. The van der Waals surface area contributed by atoms with Gasteiger partial charge in [-0.3, -0.25) is 9.59 Å². The molecule has 1 aromatic carbocycles. The van der Waals surface area contributed by atoms with E-state index in [1.54, 1.807) is 49.7 Å². The Bertz CT molecular complexity index is 829. The second-order valence-corrected chi connectivity index (χ2v) is 5.17. The van der Waals surface area contributed by atoms with Gasteiger partial charge in [0.15, 0.2) is 0 Å². The molecule has 0 amide bonds. The number of carbonyl (C=O) groups is 3. The predicted octanol–water partition coefficient (Wildman–Crippen LogP) is 2.56. The molecule has 2 aromatic rings. The summed E-state index contributed by atoms with van der Waals surface area (Å²) >= 11 is 0. The van der Waals surface area contributed by atoms with Crippen molar-refractivity contribution in [1.82, 2.24) is 4.57 Å². The fourth-order valence-electron chi connectivity index (χ4n) is 2.92. The average molecular weight is 297 g/mol. The first-order valence-electron chi connectivity index (χ1n) is 7.03. The van der Waals surface area contributed by atoms with E-state index >= 15 is 0 Å². The van der Waals surface area contributed by atoms with E-state index in [-0.39, 0.29) is 17.7 Å². The number of hydrogen-bond acceptors (Lipinski definition) is 4. The zero-order valence-electron chi connectivity index (χ0n) is 12.6. The Morgan fingerprint density at radius 3 is 2.41 bits per heavy atom. The van der Waals surface area contributed by atoms with Crippen LogP contribution >= 0.6 is 0 Å². The van der Waals surface area contributed by atoms with Gasteiger partial charge in [0.05, 0.1) is 23.4 Å². The standard InChI is InChI=1S/C17H15NO4/c1-4-22-17(21)12-9(2)18(3)14-10-7-5-6-8-11(10)15(19)16(20)13(12)14/h5-8H,4H2,1-3H3. The molecule has 112 valence electrons. The van der Waals surface area contributed by atoms with Gasteiger partial charge in [0.25, 0.3) is 0 Å². The molecule has 3 rings (SSSR count). The molecule has 0 N–H and O–H groups in total. The Balaban J connectivity index is 2.37. The summed E-state index contributed by atoms with van der Waals surface area (Å²) in [7, 11) is 1.77. The number of carbonyl (C=O) groups excluding carboxylic acids is 3. The lowest BCUT2D eigenvalue weighted by molar-refractivity contribution is 0.0522. The number of fused-ring (bicyclic) bond motifs is 3. The number of esters is 1. The van der Waals surface area contributed by atoms with Crippen LogP contribution in [0.25, 0.3) is 11.3 Å². The van der Waals surface area contributed by atoms with Crippen LogP contribution in [-0.4, -0.2) is 28.7 Å². The third-order valence-electron chi connectivity index (χ3n) is 4.03. The van der Waals surface area contributed by atoms with Crippen LogP contribution in [0.4, 0.5) is 0 Å². The molecule has 5 nitrogen and oxygen atoms in total. The summed E-state index contributed by atoms with van der Waals surface area (Å²) in [4.78, 5) is 37.0. The summed E-state index contributed by atoms with van der Waals surface area (Å²) in [6.07, 6.45) is 0. The first kappa shape index (κ1) is 14.3. The van der Waals surface area contributed by atoms with Crippen molar-refractivity contribution in [1.29, 1.82) is 0 Å². The molecular formula is C17H15NO4. The summed E-state index contributed by atoms with van der Waals surface area (Å²) in [6.45, 7) is 3.65. The van der Waals surface area contributed by atoms with Crippen molar-refractivity contribution >= 4 is 17.5 Å². The third-order valence-corrected chi connectivity index (χ3v) is 4.03. The number of ether oxygens (including phenoxy) is 1. The van der Waals surface area contributed by atoms with E-state index in [4.69, 9.17) is 4.74 Å². The van der Waals surface area contributed by atoms with Gasteiger partial charge in [-0.25, -0.2) is 4.79 Å². The first-order valence-corrected chi connectivity index (χ1v) is 7.03. The molecule has 0 aliphatic heterocycles. The summed E-state index contributed by atoms with van der Waals surface area (Å²) in [5.74, 6) is -1.81. The normalized spacial score (nSPS) is 12.9. The molecule has 0 saturated heterocycles. The lowest BCUT2D eigenvalue weighted by Gasteiger charge is -2.16. The predicted molar refractivity (Wildman–Crippen MR) is 80.2 cm³/mol. The number of benzene rings is 1. The Hall–Kier alpha value is -2.69. The molecule has 1 aromatic heterocycles. The minimum atomic E-state index is -0.652. The summed E-state index contributed by atoms with van der Waals surface area (Å²) < 4.78 is 6.81. The minimum absolute atomic E-state index is 0.155. The maximum atomic E-state index is 12.5. The lowest BCUT2D eigenvalue weighted by atomic mass is 9.86. The molecular weight excluding hydrogens is 282 g/mol. The van der Waals surface area contributed by atoms with Crippen LogP contribution in [0.15, 0.2) is 24.3 Å². The SMILES string of the molecule is CCOC(=O)c1c2c(n(C)c1C)-c1ccccc1C(=O)C2=O. The van der Waals surface area contributed by atoms with Crippen LogP contribution in [0.5, 0.6) is 0 Å².